The summed E-state index contributed by atoms with van der Waals surface area (Å²) in [6, 6.07) is -2.93. The Kier molecular flexibility index (Phi) is 11.6. The van der Waals surface area contributed by atoms with Crippen LogP contribution in [0.25, 0.3) is 0 Å². The summed E-state index contributed by atoms with van der Waals surface area (Å²) < 4.78 is 30.6. The summed E-state index contributed by atoms with van der Waals surface area (Å²) in [6.07, 6.45) is -3.37. The van der Waals surface area contributed by atoms with E-state index >= 15 is 0 Å². The van der Waals surface area contributed by atoms with Gasteiger partial charge >= 0.3 is 24.2 Å². The smallest absolute Gasteiger partial charge is 0.477 e. The quantitative estimate of drug-likeness (QED) is 0.0565. The van der Waals surface area contributed by atoms with Crippen molar-refractivity contribution in [1.29, 1.82) is 0 Å². The molecular weight excluding hydrogens is 524 g/mol. The molecule has 17 heteroatoms. The van der Waals surface area contributed by atoms with Crippen molar-refractivity contribution in [3.05, 3.63) is 11.8 Å². The van der Waals surface area contributed by atoms with E-state index in [0.29, 0.717) is 19.3 Å². The number of unbranched alkanes of at least 4 members (excludes halogenated alkanes) is 1. The first-order chi connectivity index (χ1) is 18.5. The van der Waals surface area contributed by atoms with Crippen LogP contribution in [0.5, 0.6) is 0 Å². The van der Waals surface area contributed by atoms with Gasteiger partial charge in [0.15, 0.2) is 24.3 Å². The summed E-state index contributed by atoms with van der Waals surface area (Å²) in [7, 11) is 2.35. The summed E-state index contributed by atoms with van der Waals surface area (Å²) in [4.78, 5) is 64.2. The molecule has 0 aromatic heterocycles. The lowest BCUT2D eigenvalue weighted by Crippen LogP contribution is -2.61. The number of aliphatic imine (C=N–C) groups is 1. The number of rotatable bonds is 12. The zero-order valence-corrected chi connectivity index (χ0v) is 21.7. The number of nitrogens with zero attached hydrogens (tertiary/aromatic N) is 1. The average Bonchev–Trinajstić information content (AvgIpc) is 3.32. The number of esters is 2. The Morgan fingerprint density at radius 1 is 1.15 bits per heavy atom. The lowest BCUT2D eigenvalue weighted by Gasteiger charge is -2.39. The fraction of sp³-hybridized carbons (Fsp3) is 0.636. The van der Waals surface area contributed by atoms with Crippen molar-refractivity contribution in [2.75, 3.05) is 27.4 Å². The van der Waals surface area contributed by atoms with E-state index in [1.165, 1.54) is 20.1 Å². The monoisotopic (exact) mass is 558 g/mol. The van der Waals surface area contributed by atoms with E-state index in [9.17, 15) is 24.0 Å². The first kappa shape index (κ1) is 30.9. The van der Waals surface area contributed by atoms with Gasteiger partial charge in [0, 0.05) is 13.5 Å². The number of cyclic esters (lactones) is 2. The number of alkyl carbamates (subject to hydrolysis) is 1. The number of ether oxygens (including phenoxy) is 6. The average molecular weight is 559 g/mol. The third-order valence-electron chi connectivity index (χ3n) is 5.62. The van der Waals surface area contributed by atoms with Crippen LogP contribution in [0.15, 0.2) is 16.8 Å². The van der Waals surface area contributed by atoms with Crippen LogP contribution in [0.1, 0.15) is 26.2 Å². The molecule has 0 aromatic rings. The molecule has 218 valence electrons. The predicted octanol–water partition coefficient (Wildman–Crippen LogP) is -2.11. The summed E-state index contributed by atoms with van der Waals surface area (Å²) in [5.74, 6) is -2.66. The molecule has 6 atom stereocenters. The van der Waals surface area contributed by atoms with Crippen molar-refractivity contribution in [2.24, 2.45) is 22.2 Å². The standard InChI is InChI=1S/C22H34N6O11/c1-10(29)27-15-12(28-20(24)25)8-13(19(31)35-3)37-17(15)16(14-9-36-22(33)38-14)39-21(32)26-7-5-4-6-11(23)18(30)34-2/h8,11-12,14-17H,4-7,9,23H2,1-3H3,(H,26,32)(H,27,29)(H4,24,25,28)/t11?,12-,14+,15+,16+,17+/m0/s1. The molecular formula is C22H34N6O11. The molecule has 2 amide bonds. The second-order valence-corrected chi connectivity index (χ2v) is 8.52. The van der Waals surface area contributed by atoms with Crippen molar-refractivity contribution in [1.82, 2.24) is 10.6 Å². The first-order valence-electron chi connectivity index (χ1n) is 11.9. The Balaban J connectivity index is 2.24. The van der Waals surface area contributed by atoms with Crippen LogP contribution in [-0.2, 0) is 42.8 Å². The number of amides is 2. The maximum Gasteiger partial charge on any atom is 0.508 e. The maximum absolute atomic E-state index is 12.7. The van der Waals surface area contributed by atoms with E-state index < -0.39 is 66.5 Å². The molecule has 2 aliphatic heterocycles. The number of hydrogen-bond acceptors (Lipinski definition) is 13. The molecule has 2 heterocycles. The van der Waals surface area contributed by atoms with Gasteiger partial charge < -0.3 is 56.3 Å². The third kappa shape index (κ3) is 9.20. The van der Waals surface area contributed by atoms with Gasteiger partial charge in [-0.15, -0.1) is 0 Å². The van der Waals surface area contributed by atoms with Gasteiger partial charge in [-0.3, -0.25) is 9.59 Å². The van der Waals surface area contributed by atoms with Gasteiger partial charge in [-0.05, 0) is 25.3 Å². The maximum atomic E-state index is 12.7. The number of hydrogen-bond donors (Lipinski definition) is 5. The van der Waals surface area contributed by atoms with Gasteiger partial charge in [-0.2, -0.15) is 0 Å². The van der Waals surface area contributed by atoms with Crippen LogP contribution in [0.4, 0.5) is 9.59 Å². The molecule has 0 bridgehead atoms. The summed E-state index contributed by atoms with van der Waals surface area (Å²) in [5.41, 5.74) is 16.8. The molecule has 1 fully saturated rings. The van der Waals surface area contributed by atoms with E-state index in [1.807, 2.05) is 0 Å². The van der Waals surface area contributed by atoms with Crippen LogP contribution in [-0.4, -0.2) is 99.9 Å². The summed E-state index contributed by atoms with van der Waals surface area (Å²) in [5, 5.41) is 5.15. The van der Waals surface area contributed by atoms with Crippen LogP contribution < -0.4 is 27.8 Å². The molecule has 1 saturated heterocycles. The Morgan fingerprint density at radius 2 is 1.87 bits per heavy atom. The number of carbonyl (C=O) groups excluding carboxylic acids is 5. The van der Waals surface area contributed by atoms with Crippen LogP contribution >= 0.6 is 0 Å². The molecule has 0 aromatic carbocycles. The van der Waals surface area contributed by atoms with Crippen LogP contribution in [0.2, 0.25) is 0 Å². The SMILES string of the molecule is COC(=O)C1=C[C@H](N=C(N)N)[C@@H](NC(C)=O)[C@H]([C@H](OC(=O)NCCCCC(N)C(=O)OC)[C@H]2COC(=O)O2)O1. The third-order valence-corrected chi connectivity index (χ3v) is 5.62. The van der Waals surface area contributed by atoms with Crippen molar-refractivity contribution in [3.8, 4) is 0 Å². The molecule has 0 spiro atoms. The molecule has 0 aliphatic carbocycles. The molecule has 2 aliphatic rings. The number of guanidine groups is 1. The highest BCUT2D eigenvalue weighted by molar-refractivity contribution is 5.87. The van der Waals surface area contributed by atoms with Gasteiger partial charge in [-0.1, -0.05) is 0 Å². The highest BCUT2D eigenvalue weighted by Gasteiger charge is 2.50. The lowest BCUT2D eigenvalue weighted by molar-refractivity contribution is -0.147. The van der Waals surface area contributed by atoms with Crippen molar-refractivity contribution < 1.29 is 52.4 Å². The zero-order chi connectivity index (χ0) is 29.1. The molecule has 8 N–H and O–H groups in total. The number of carbonyl (C=O) groups is 5. The predicted molar refractivity (Wildman–Crippen MR) is 131 cm³/mol. The Labute approximate surface area is 223 Å². The Bertz CT molecular complexity index is 984. The van der Waals surface area contributed by atoms with Gasteiger partial charge in [0.1, 0.15) is 12.6 Å². The Morgan fingerprint density at radius 3 is 2.44 bits per heavy atom. The largest absolute Gasteiger partial charge is 0.508 e. The second-order valence-electron chi connectivity index (χ2n) is 8.52. The van der Waals surface area contributed by atoms with E-state index in [2.05, 4.69) is 20.4 Å². The minimum atomic E-state index is -1.41. The summed E-state index contributed by atoms with van der Waals surface area (Å²) >= 11 is 0. The fourth-order valence-corrected chi connectivity index (χ4v) is 3.86. The van der Waals surface area contributed by atoms with E-state index in [4.69, 9.17) is 40.9 Å². The fourth-order valence-electron chi connectivity index (χ4n) is 3.86. The topological polar surface area (TPSA) is 255 Å². The molecule has 17 nitrogen and oxygen atoms in total. The van der Waals surface area contributed by atoms with Crippen LogP contribution in [0, 0.1) is 0 Å². The van der Waals surface area contributed by atoms with Crippen LogP contribution in [0.3, 0.4) is 0 Å². The van der Waals surface area contributed by atoms with Gasteiger partial charge in [0.25, 0.3) is 0 Å². The molecule has 1 unspecified atom stereocenters. The van der Waals surface area contributed by atoms with Crippen molar-refractivity contribution in [3.63, 3.8) is 0 Å². The second kappa shape index (κ2) is 14.6. The molecule has 39 heavy (non-hydrogen) atoms. The van der Waals surface area contributed by atoms with E-state index in [1.54, 1.807) is 0 Å². The molecule has 0 saturated carbocycles. The van der Waals surface area contributed by atoms with E-state index in [0.717, 1.165) is 7.11 Å². The number of methoxy groups -OCH3 is 2. The number of nitrogens with one attached hydrogen (secondary N) is 2. The minimum Gasteiger partial charge on any atom is -0.477 e. The molecule has 2 rings (SSSR count). The summed E-state index contributed by atoms with van der Waals surface area (Å²) in [6.45, 7) is 1.04. The zero-order valence-electron chi connectivity index (χ0n) is 21.7. The highest BCUT2D eigenvalue weighted by atomic mass is 16.8. The van der Waals surface area contributed by atoms with Gasteiger partial charge in [0.05, 0.1) is 26.3 Å². The highest BCUT2D eigenvalue weighted by Crippen LogP contribution is 2.29. The number of nitrogens with two attached hydrogens (primary N) is 3. The normalized spacial score (nSPS) is 23.4. The van der Waals surface area contributed by atoms with Gasteiger partial charge in [0.2, 0.25) is 11.7 Å². The first-order valence-corrected chi connectivity index (χ1v) is 11.9. The van der Waals surface area contributed by atoms with E-state index in [-0.39, 0.29) is 24.9 Å². The van der Waals surface area contributed by atoms with Crippen molar-refractivity contribution >= 4 is 36.1 Å². The Hall–Kier alpha value is -4.28. The minimum absolute atomic E-state index is 0.144. The van der Waals surface area contributed by atoms with Crippen molar-refractivity contribution in [2.45, 2.75) is 62.6 Å². The molecule has 0 radical (unpaired) electrons. The lowest BCUT2D eigenvalue weighted by atomic mass is 9.92. The van der Waals surface area contributed by atoms with Gasteiger partial charge in [-0.25, -0.2) is 19.4 Å².